The van der Waals surface area contributed by atoms with Crippen LogP contribution in [0, 0.1) is 18.7 Å². The van der Waals surface area contributed by atoms with Crippen LogP contribution in [0.1, 0.15) is 31.5 Å². The van der Waals surface area contributed by atoms with Crippen molar-refractivity contribution in [3.05, 3.63) is 52.8 Å². The number of aryl methyl sites for hydroxylation is 1. The molecule has 0 atom stereocenters. The molecule has 2 heterocycles. The van der Waals surface area contributed by atoms with Crippen LogP contribution in [0.2, 0.25) is 0 Å². The Balaban J connectivity index is 1.71. The summed E-state index contributed by atoms with van der Waals surface area (Å²) >= 11 is 0. The summed E-state index contributed by atoms with van der Waals surface area (Å²) in [5, 5.41) is 0.439. The van der Waals surface area contributed by atoms with Crippen molar-refractivity contribution >= 4 is 16.8 Å². The number of carbonyl (C=O) groups excluding carboxylic acids is 1. The van der Waals surface area contributed by atoms with E-state index in [2.05, 4.69) is 11.6 Å². The number of aromatic nitrogens is 2. The molecule has 1 saturated heterocycles. The molecule has 1 fully saturated rings. The Morgan fingerprint density at radius 1 is 1.38 bits per heavy atom. The van der Waals surface area contributed by atoms with E-state index >= 15 is 0 Å². The quantitative estimate of drug-likeness (QED) is 0.773. The van der Waals surface area contributed by atoms with Crippen molar-refractivity contribution in [3.63, 3.8) is 0 Å². The molecule has 1 aliphatic rings. The minimum atomic E-state index is -0.393. The van der Waals surface area contributed by atoms with Crippen LogP contribution >= 0.6 is 0 Å². The molecule has 0 radical (unpaired) electrons. The second-order valence-electron chi connectivity index (χ2n) is 6.89. The summed E-state index contributed by atoms with van der Waals surface area (Å²) in [5.41, 5.74) is 0.267. The highest BCUT2D eigenvalue weighted by Crippen LogP contribution is 2.20. The second-order valence-corrected chi connectivity index (χ2v) is 6.89. The second kappa shape index (κ2) is 7.81. The molecule has 1 aliphatic heterocycles. The van der Waals surface area contributed by atoms with E-state index < -0.39 is 5.82 Å². The molecule has 0 bridgehead atoms. The number of carbonyl (C=O) groups is 1. The van der Waals surface area contributed by atoms with Gasteiger partial charge in [-0.3, -0.25) is 14.2 Å². The smallest absolute Gasteiger partial charge is 0.261 e. The molecule has 0 aliphatic carbocycles. The van der Waals surface area contributed by atoms with Crippen LogP contribution in [0.15, 0.2) is 35.6 Å². The molecule has 5 nitrogen and oxygen atoms in total. The van der Waals surface area contributed by atoms with Crippen molar-refractivity contribution in [1.29, 1.82) is 0 Å². The van der Waals surface area contributed by atoms with Crippen molar-refractivity contribution in [2.24, 2.45) is 5.92 Å². The first-order valence-electron chi connectivity index (χ1n) is 9.05. The SMILES string of the molecule is C=CCCC(=O)N1CCC(Cn2c(C)nc3cc(F)ccc3c2=O)CC1. The summed E-state index contributed by atoms with van der Waals surface area (Å²) in [6, 6.07) is 4.08. The summed E-state index contributed by atoms with van der Waals surface area (Å²) in [6.07, 6.45) is 4.72. The van der Waals surface area contributed by atoms with Crippen LogP contribution in [-0.4, -0.2) is 33.4 Å². The largest absolute Gasteiger partial charge is 0.343 e. The lowest BCUT2D eigenvalue weighted by molar-refractivity contribution is -0.132. The minimum absolute atomic E-state index is 0.128. The van der Waals surface area contributed by atoms with Gasteiger partial charge in [0.2, 0.25) is 5.91 Å². The molecule has 3 rings (SSSR count). The van der Waals surface area contributed by atoms with E-state index in [1.807, 2.05) is 4.90 Å². The zero-order valence-electron chi connectivity index (χ0n) is 15.1. The molecule has 138 valence electrons. The Bertz CT molecular complexity index is 882. The standard InChI is InChI=1S/C20H24FN3O2/c1-3-4-5-19(25)23-10-8-15(9-11-23)13-24-14(2)22-18-12-16(21)6-7-17(18)20(24)26/h3,6-7,12,15H,1,4-5,8-11,13H2,2H3. The van der Waals surface area contributed by atoms with Gasteiger partial charge in [-0.1, -0.05) is 6.08 Å². The first kappa shape index (κ1) is 18.3. The number of nitrogens with zero attached hydrogens (tertiary/aromatic N) is 3. The summed E-state index contributed by atoms with van der Waals surface area (Å²) in [6.45, 7) is 7.46. The van der Waals surface area contributed by atoms with Crippen molar-refractivity contribution in [2.45, 2.75) is 39.2 Å². The lowest BCUT2D eigenvalue weighted by atomic mass is 9.96. The van der Waals surface area contributed by atoms with Gasteiger partial charge in [-0.15, -0.1) is 6.58 Å². The zero-order valence-corrected chi connectivity index (χ0v) is 15.1. The van der Waals surface area contributed by atoms with Gasteiger partial charge < -0.3 is 4.90 Å². The molecule has 1 aromatic carbocycles. The first-order chi connectivity index (χ1) is 12.5. The molecule has 1 amide bonds. The third kappa shape index (κ3) is 3.84. The van der Waals surface area contributed by atoms with Crippen LogP contribution < -0.4 is 5.56 Å². The minimum Gasteiger partial charge on any atom is -0.343 e. The number of allylic oxidation sites excluding steroid dienone is 1. The normalized spacial score (nSPS) is 15.4. The van der Waals surface area contributed by atoms with Gasteiger partial charge in [0.15, 0.2) is 0 Å². The number of piperidine rings is 1. The van der Waals surface area contributed by atoms with Crippen molar-refractivity contribution in [3.8, 4) is 0 Å². The summed E-state index contributed by atoms with van der Waals surface area (Å²) in [4.78, 5) is 31.1. The van der Waals surface area contributed by atoms with Gasteiger partial charge in [0, 0.05) is 32.1 Å². The maximum absolute atomic E-state index is 13.4. The summed E-state index contributed by atoms with van der Waals surface area (Å²) in [5.74, 6) is 0.702. The Kier molecular flexibility index (Phi) is 5.49. The molecule has 0 N–H and O–H groups in total. The van der Waals surface area contributed by atoms with E-state index in [0.29, 0.717) is 42.0 Å². The van der Waals surface area contributed by atoms with Gasteiger partial charge in [0.05, 0.1) is 10.9 Å². The average Bonchev–Trinajstić information content (AvgIpc) is 2.63. The fraction of sp³-hybridized carbons (Fsp3) is 0.450. The Morgan fingerprint density at radius 3 is 2.81 bits per heavy atom. The lowest BCUT2D eigenvalue weighted by Crippen LogP contribution is -2.40. The fourth-order valence-corrected chi connectivity index (χ4v) is 3.53. The van der Waals surface area contributed by atoms with Gasteiger partial charge in [-0.2, -0.15) is 0 Å². The molecule has 2 aromatic rings. The maximum Gasteiger partial charge on any atom is 0.261 e. The summed E-state index contributed by atoms with van der Waals surface area (Å²) in [7, 11) is 0. The fourth-order valence-electron chi connectivity index (χ4n) is 3.53. The highest BCUT2D eigenvalue weighted by Gasteiger charge is 2.23. The monoisotopic (exact) mass is 357 g/mol. The van der Waals surface area contributed by atoms with E-state index in [9.17, 15) is 14.0 Å². The number of fused-ring (bicyclic) bond motifs is 1. The molecule has 1 aromatic heterocycles. The van der Waals surface area contributed by atoms with Crippen LogP contribution in [-0.2, 0) is 11.3 Å². The average molecular weight is 357 g/mol. The number of benzene rings is 1. The Hall–Kier alpha value is -2.50. The van der Waals surface area contributed by atoms with Gasteiger partial charge in [0.25, 0.3) is 5.56 Å². The number of rotatable bonds is 5. The Morgan fingerprint density at radius 2 is 2.12 bits per heavy atom. The van der Waals surface area contributed by atoms with Gasteiger partial charge in [-0.25, -0.2) is 9.37 Å². The number of halogens is 1. The Labute approximate surface area is 152 Å². The number of likely N-dealkylation sites (tertiary alicyclic amines) is 1. The predicted octanol–water partition coefficient (Wildman–Crippen LogP) is 3.05. The molecular formula is C20H24FN3O2. The van der Waals surface area contributed by atoms with Crippen LogP contribution in [0.5, 0.6) is 0 Å². The number of hydrogen-bond acceptors (Lipinski definition) is 3. The van der Waals surface area contributed by atoms with E-state index in [1.165, 1.54) is 18.2 Å². The molecular weight excluding hydrogens is 333 g/mol. The predicted molar refractivity (Wildman–Crippen MR) is 99.4 cm³/mol. The van der Waals surface area contributed by atoms with Crippen LogP contribution in [0.4, 0.5) is 4.39 Å². The topological polar surface area (TPSA) is 55.2 Å². The highest BCUT2D eigenvalue weighted by molar-refractivity contribution is 5.77. The lowest BCUT2D eigenvalue weighted by Gasteiger charge is -2.32. The molecule has 26 heavy (non-hydrogen) atoms. The maximum atomic E-state index is 13.4. The van der Waals surface area contributed by atoms with Gasteiger partial charge >= 0.3 is 0 Å². The van der Waals surface area contributed by atoms with Crippen molar-refractivity contribution in [2.75, 3.05) is 13.1 Å². The van der Waals surface area contributed by atoms with E-state index in [-0.39, 0.29) is 11.5 Å². The van der Waals surface area contributed by atoms with E-state index in [4.69, 9.17) is 0 Å². The van der Waals surface area contributed by atoms with E-state index in [0.717, 1.165) is 25.9 Å². The van der Waals surface area contributed by atoms with E-state index in [1.54, 1.807) is 17.6 Å². The number of hydrogen-bond donors (Lipinski definition) is 0. The third-order valence-electron chi connectivity index (χ3n) is 5.08. The third-order valence-corrected chi connectivity index (χ3v) is 5.08. The van der Waals surface area contributed by atoms with Crippen molar-refractivity contribution in [1.82, 2.24) is 14.5 Å². The molecule has 0 saturated carbocycles. The molecule has 0 unspecified atom stereocenters. The number of amides is 1. The summed E-state index contributed by atoms with van der Waals surface area (Å²) < 4.78 is 15.0. The highest BCUT2D eigenvalue weighted by atomic mass is 19.1. The molecule has 0 spiro atoms. The van der Waals surface area contributed by atoms with Crippen molar-refractivity contribution < 1.29 is 9.18 Å². The van der Waals surface area contributed by atoms with Crippen LogP contribution in [0.3, 0.4) is 0 Å². The zero-order chi connectivity index (χ0) is 18.7. The first-order valence-corrected chi connectivity index (χ1v) is 9.05. The van der Waals surface area contributed by atoms with Gasteiger partial charge in [0.1, 0.15) is 11.6 Å². The molecule has 6 heteroatoms. The van der Waals surface area contributed by atoms with Crippen LogP contribution in [0.25, 0.3) is 10.9 Å². The van der Waals surface area contributed by atoms with Gasteiger partial charge in [-0.05, 0) is 44.2 Å².